The molecule has 118 valence electrons. The van der Waals surface area contributed by atoms with E-state index in [9.17, 15) is 4.39 Å². The average Bonchev–Trinajstić information content (AvgIpc) is 2.45. The minimum atomic E-state index is -0.172. The Morgan fingerprint density at radius 2 is 1.38 bits per heavy atom. The smallest absolute Gasteiger partial charge is 0.125 e. The molecule has 0 saturated heterocycles. The number of anilines is 1. The summed E-state index contributed by atoms with van der Waals surface area (Å²) >= 11 is 3.51. The molecule has 0 unspecified atom stereocenters. The third kappa shape index (κ3) is 6.37. The predicted octanol–water partition coefficient (Wildman–Crippen LogP) is 6.67. The van der Waals surface area contributed by atoms with Crippen LogP contribution in [0.1, 0.15) is 70.6 Å². The molecule has 1 saturated carbocycles. The van der Waals surface area contributed by atoms with Crippen LogP contribution in [0.25, 0.3) is 0 Å². The Morgan fingerprint density at radius 1 is 0.857 bits per heavy atom. The SMILES string of the molecule is Fc1ccc(Br)c(NC2CCCCCCCCCCC2)c1. The molecule has 21 heavy (non-hydrogen) atoms. The molecular formula is C18H27BrFN. The molecular weight excluding hydrogens is 329 g/mol. The van der Waals surface area contributed by atoms with Crippen molar-refractivity contribution in [2.75, 3.05) is 5.32 Å². The highest BCUT2D eigenvalue weighted by Crippen LogP contribution is 2.26. The molecule has 0 atom stereocenters. The summed E-state index contributed by atoms with van der Waals surface area (Å²) in [6.07, 6.45) is 14.6. The van der Waals surface area contributed by atoms with Gasteiger partial charge in [-0.1, -0.05) is 57.8 Å². The van der Waals surface area contributed by atoms with Crippen molar-refractivity contribution in [1.82, 2.24) is 0 Å². The molecule has 0 amide bonds. The van der Waals surface area contributed by atoms with Crippen LogP contribution in [0.4, 0.5) is 10.1 Å². The molecule has 1 aromatic carbocycles. The second-order valence-corrected chi connectivity index (χ2v) is 7.08. The van der Waals surface area contributed by atoms with E-state index in [2.05, 4.69) is 21.2 Å². The van der Waals surface area contributed by atoms with Gasteiger partial charge >= 0.3 is 0 Å². The zero-order valence-electron chi connectivity index (χ0n) is 12.8. The summed E-state index contributed by atoms with van der Waals surface area (Å²) < 4.78 is 14.4. The predicted molar refractivity (Wildman–Crippen MR) is 92.3 cm³/mol. The third-order valence-corrected chi connectivity index (χ3v) is 5.08. The maximum Gasteiger partial charge on any atom is 0.125 e. The van der Waals surface area contributed by atoms with Gasteiger partial charge in [-0.05, 0) is 47.0 Å². The van der Waals surface area contributed by atoms with E-state index in [0.717, 1.165) is 10.2 Å². The molecule has 0 aliphatic heterocycles. The van der Waals surface area contributed by atoms with Crippen molar-refractivity contribution < 1.29 is 4.39 Å². The number of benzene rings is 1. The molecule has 1 aliphatic carbocycles. The van der Waals surface area contributed by atoms with Gasteiger partial charge in [0.1, 0.15) is 5.82 Å². The van der Waals surface area contributed by atoms with E-state index in [1.165, 1.54) is 76.7 Å². The lowest BCUT2D eigenvalue weighted by Crippen LogP contribution is -2.20. The lowest BCUT2D eigenvalue weighted by Gasteiger charge is -2.21. The van der Waals surface area contributed by atoms with E-state index in [4.69, 9.17) is 0 Å². The van der Waals surface area contributed by atoms with Gasteiger partial charge in [-0.15, -0.1) is 0 Å². The number of hydrogen-bond acceptors (Lipinski definition) is 1. The lowest BCUT2D eigenvalue weighted by molar-refractivity contribution is 0.480. The van der Waals surface area contributed by atoms with Gasteiger partial charge in [-0.3, -0.25) is 0 Å². The van der Waals surface area contributed by atoms with Crippen molar-refractivity contribution in [1.29, 1.82) is 0 Å². The van der Waals surface area contributed by atoms with Gasteiger partial charge in [-0.25, -0.2) is 4.39 Å². The quantitative estimate of drug-likeness (QED) is 0.624. The Hall–Kier alpha value is -0.570. The van der Waals surface area contributed by atoms with Crippen molar-refractivity contribution in [2.45, 2.75) is 76.7 Å². The van der Waals surface area contributed by atoms with Crippen LogP contribution >= 0.6 is 15.9 Å². The molecule has 2 rings (SSSR count). The molecule has 0 spiro atoms. The molecule has 0 aromatic heterocycles. The van der Waals surface area contributed by atoms with Crippen LogP contribution in [-0.2, 0) is 0 Å². The molecule has 0 bridgehead atoms. The number of rotatable bonds is 2. The minimum absolute atomic E-state index is 0.172. The van der Waals surface area contributed by atoms with Crippen LogP contribution in [0, 0.1) is 5.82 Å². The first-order valence-electron chi connectivity index (χ1n) is 8.47. The van der Waals surface area contributed by atoms with Crippen LogP contribution in [0.3, 0.4) is 0 Å². The van der Waals surface area contributed by atoms with Crippen LogP contribution in [0.15, 0.2) is 22.7 Å². The zero-order valence-corrected chi connectivity index (χ0v) is 14.4. The van der Waals surface area contributed by atoms with Crippen molar-refractivity contribution in [2.24, 2.45) is 0 Å². The summed E-state index contributed by atoms with van der Waals surface area (Å²) in [6.45, 7) is 0. The molecule has 0 radical (unpaired) electrons. The van der Waals surface area contributed by atoms with Crippen LogP contribution in [0.2, 0.25) is 0 Å². The monoisotopic (exact) mass is 355 g/mol. The Bertz CT molecular complexity index is 410. The van der Waals surface area contributed by atoms with Gasteiger partial charge < -0.3 is 5.32 Å². The molecule has 1 nitrogen and oxygen atoms in total. The zero-order chi connectivity index (χ0) is 14.9. The molecule has 1 fully saturated rings. The summed E-state index contributed by atoms with van der Waals surface area (Å²) in [5.41, 5.74) is 0.895. The Kier molecular flexibility index (Phi) is 7.56. The largest absolute Gasteiger partial charge is 0.381 e. The first kappa shape index (κ1) is 16.8. The standard InChI is InChI=1S/C18H27BrFN/c19-17-13-12-15(20)14-18(17)21-16-10-8-6-4-2-1-3-5-7-9-11-16/h12-14,16,21H,1-11H2. The fourth-order valence-corrected chi connectivity index (χ4v) is 3.50. The maximum absolute atomic E-state index is 13.4. The lowest BCUT2D eigenvalue weighted by atomic mass is 9.98. The molecule has 1 aliphatic rings. The van der Waals surface area contributed by atoms with Crippen molar-refractivity contribution in [3.8, 4) is 0 Å². The van der Waals surface area contributed by atoms with Crippen LogP contribution < -0.4 is 5.32 Å². The number of halogens is 2. The highest BCUT2D eigenvalue weighted by Gasteiger charge is 2.11. The molecule has 0 heterocycles. The average molecular weight is 356 g/mol. The van der Waals surface area contributed by atoms with E-state index in [1.807, 2.05) is 0 Å². The van der Waals surface area contributed by atoms with E-state index < -0.39 is 0 Å². The molecule has 1 N–H and O–H groups in total. The topological polar surface area (TPSA) is 12.0 Å². The van der Waals surface area contributed by atoms with Gasteiger partial charge in [0, 0.05) is 10.5 Å². The highest BCUT2D eigenvalue weighted by molar-refractivity contribution is 9.10. The van der Waals surface area contributed by atoms with Gasteiger partial charge in [-0.2, -0.15) is 0 Å². The summed E-state index contributed by atoms with van der Waals surface area (Å²) in [4.78, 5) is 0. The van der Waals surface area contributed by atoms with E-state index in [-0.39, 0.29) is 5.82 Å². The first-order valence-corrected chi connectivity index (χ1v) is 9.26. The summed E-state index contributed by atoms with van der Waals surface area (Å²) in [5, 5.41) is 3.56. The van der Waals surface area contributed by atoms with Crippen LogP contribution in [-0.4, -0.2) is 6.04 Å². The van der Waals surface area contributed by atoms with Crippen molar-refractivity contribution in [3.63, 3.8) is 0 Å². The van der Waals surface area contributed by atoms with Crippen molar-refractivity contribution >= 4 is 21.6 Å². The first-order chi connectivity index (χ1) is 10.3. The van der Waals surface area contributed by atoms with Crippen molar-refractivity contribution in [3.05, 3.63) is 28.5 Å². The maximum atomic E-state index is 13.4. The highest BCUT2D eigenvalue weighted by atomic mass is 79.9. The Balaban J connectivity index is 1.92. The van der Waals surface area contributed by atoms with E-state index in [1.54, 1.807) is 12.1 Å². The van der Waals surface area contributed by atoms with E-state index >= 15 is 0 Å². The number of hydrogen-bond donors (Lipinski definition) is 1. The van der Waals surface area contributed by atoms with Gasteiger partial charge in [0.2, 0.25) is 0 Å². The number of nitrogens with one attached hydrogen (secondary N) is 1. The normalized spacial score (nSPS) is 19.5. The van der Waals surface area contributed by atoms with Gasteiger partial charge in [0.15, 0.2) is 0 Å². The third-order valence-electron chi connectivity index (χ3n) is 4.39. The Morgan fingerprint density at radius 3 is 1.95 bits per heavy atom. The van der Waals surface area contributed by atoms with E-state index in [0.29, 0.717) is 6.04 Å². The Labute approximate surface area is 136 Å². The molecule has 1 aromatic rings. The fraction of sp³-hybridized carbons (Fsp3) is 0.667. The summed E-state index contributed by atoms with van der Waals surface area (Å²) in [5.74, 6) is -0.172. The molecule has 3 heteroatoms. The fourth-order valence-electron chi connectivity index (χ4n) is 3.14. The van der Waals surface area contributed by atoms with Gasteiger partial charge in [0.05, 0.1) is 5.69 Å². The minimum Gasteiger partial charge on any atom is -0.381 e. The second kappa shape index (κ2) is 9.45. The summed E-state index contributed by atoms with van der Waals surface area (Å²) in [6, 6.07) is 5.35. The second-order valence-electron chi connectivity index (χ2n) is 6.22. The van der Waals surface area contributed by atoms with Gasteiger partial charge in [0.25, 0.3) is 0 Å². The summed E-state index contributed by atoms with van der Waals surface area (Å²) in [7, 11) is 0. The van der Waals surface area contributed by atoms with Crippen LogP contribution in [0.5, 0.6) is 0 Å².